The molecule has 5 heteroatoms. The Hall–Kier alpha value is -1.17. The van der Waals surface area contributed by atoms with Crippen molar-refractivity contribution in [3.05, 3.63) is 22.5 Å². The molecule has 1 aliphatic rings. The van der Waals surface area contributed by atoms with E-state index < -0.39 is 0 Å². The van der Waals surface area contributed by atoms with Crippen LogP contribution in [-0.2, 0) is 0 Å². The van der Waals surface area contributed by atoms with Gasteiger partial charge in [0.2, 0.25) is 0 Å². The summed E-state index contributed by atoms with van der Waals surface area (Å²) in [5.74, 6) is 1.50. The second kappa shape index (κ2) is 5.23. The van der Waals surface area contributed by atoms with Crippen molar-refractivity contribution in [3.8, 4) is 5.75 Å². The van der Waals surface area contributed by atoms with E-state index >= 15 is 0 Å². The largest absolute Gasteiger partial charge is 0.489 e. The van der Waals surface area contributed by atoms with E-state index in [1.807, 2.05) is 0 Å². The lowest BCUT2D eigenvalue weighted by atomic mass is 10.1. The Morgan fingerprint density at radius 3 is 3.19 bits per heavy atom. The van der Waals surface area contributed by atoms with E-state index in [9.17, 15) is 0 Å². The first-order valence-electron chi connectivity index (χ1n) is 7.40. The summed E-state index contributed by atoms with van der Waals surface area (Å²) in [4.78, 5) is 4.67. The molecule has 1 saturated carbocycles. The first kappa shape index (κ1) is 13.5. The second-order valence-corrected chi connectivity index (χ2v) is 7.85. The van der Waals surface area contributed by atoms with E-state index in [2.05, 4.69) is 29.4 Å². The number of thiophene rings is 1. The maximum absolute atomic E-state index is 6.37. The summed E-state index contributed by atoms with van der Waals surface area (Å²) in [5, 5.41) is 4.43. The van der Waals surface area contributed by atoms with E-state index in [4.69, 9.17) is 10.5 Å². The van der Waals surface area contributed by atoms with E-state index in [1.165, 1.54) is 27.6 Å². The number of aromatic nitrogens is 1. The second-order valence-electron chi connectivity index (χ2n) is 5.70. The summed E-state index contributed by atoms with van der Waals surface area (Å²) in [5.41, 5.74) is 7.00. The standard InChI is InChI=1S/C16H18N2OS2/c1-9-18-15-14(21-9)7-13(11-5-6-20-16(11)15)19-12-4-2-3-10(12)8-17/h5-7,10,12H,2-4,8,17H2,1H3. The molecule has 2 atom stereocenters. The lowest BCUT2D eigenvalue weighted by Gasteiger charge is -2.20. The zero-order valence-corrected chi connectivity index (χ0v) is 13.6. The molecule has 0 radical (unpaired) electrons. The van der Waals surface area contributed by atoms with Crippen LogP contribution in [-0.4, -0.2) is 17.6 Å². The zero-order chi connectivity index (χ0) is 14.4. The Kier molecular flexibility index (Phi) is 3.36. The normalized spacial score (nSPS) is 22.4. The summed E-state index contributed by atoms with van der Waals surface area (Å²) >= 11 is 3.49. The van der Waals surface area contributed by atoms with E-state index in [0.29, 0.717) is 5.92 Å². The molecule has 2 aromatic heterocycles. The van der Waals surface area contributed by atoms with Gasteiger partial charge in [0.15, 0.2) is 0 Å². The van der Waals surface area contributed by atoms with Crippen LogP contribution in [0.4, 0.5) is 0 Å². The minimum absolute atomic E-state index is 0.268. The van der Waals surface area contributed by atoms with Crippen LogP contribution >= 0.6 is 22.7 Å². The van der Waals surface area contributed by atoms with Crippen LogP contribution in [0.25, 0.3) is 20.3 Å². The van der Waals surface area contributed by atoms with Crippen molar-refractivity contribution in [1.82, 2.24) is 4.98 Å². The van der Waals surface area contributed by atoms with Gasteiger partial charge < -0.3 is 10.5 Å². The number of benzene rings is 1. The molecule has 0 aliphatic heterocycles. The van der Waals surface area contributed by atoms with Crippen molar-refractivity contribution < 1.29 is 4.74 Å². The molecule has 1 aromatic carbocycles. The Balaban J connectivity index is 1.81. The summed E-state index contributed by atoms with van der Waals surface area (Å²) < 4.78 is 8.84. The monoisotopic (exact) mass is 318 g/mol. The smallest absolute Gasteiger partial charge is 0.129 e. The molecule has 3 aromatic rings. The summed E-state index contributed by atoms with van der Waals surface area (Å²) in [7, 11) is 0. The average Bonchev–Trinajstić information content (AvgIpc) is 3.16. The highest BCUT2D eigenvalue weighted by Gasteiger charge is 2.28. The van der Waals surface area contributed by atoms with Crippen LogP contribution < -0.4 is 10.5 Å². The molecule has 1 fully saturated rings. The summed E-state index contributed by atoms with van der Waals surface area (Å²) in [6.07, 6.45) is 3.80. The van der Waals surface area contributed by atoms with E-state index in [0.717, 1.165) is 29.2 Å². The molecule has 0 bridgehead atoms. The van der Waals surface area contributed by atoms with Gasteiger partial charge in [0.1, 0.15) is 11.9 Å². The topological polar surface area (TPSA) is 48.1 Å². The van der Waals surface area contributed by atoms with Gasteiger partial charge in [-0.25, -0.2) is 4.98 Å². The Bertz CT molecular complexity index is 792. The lowest BCUT2D eigenvalue weighted by molar-refractivity contribution is 0.165. The highest BCUT2D eigenvalue weighted by Crippen LogP contribution is 2.40. The van der Waals surface area contributed by atoms with Crippen LogP contribution in [0.2, 0.25) is 0 Å². The van der Waals surface area contributed by atoms with Crippen LogP contribution in [0.3, 0.4) is 0 Å². The predicted molar refractivity (Wildman–Crippen MR) is 90.6 cm³/mol. The summed E-state index contributed by atoms with van der Waals surface area (Å²) in [6, 6.07) is 4.32. The average molecular weight is 318 g/mol. The van der Waals surface area contributed by atoms with Crippen LogP contribution in [0.5, 0.6) is 5.75 Å². The van der Waals surface area contributed by atoms with Crippen LogP contribution in [0.1, 0.15) is 24.3 Å². The van der Waals surface area contributed by atoms with E-state index in [-0.39, 0.29) is 6.10 Å². The minimum Gasteiger partial charge on any atom is -0.489 e. The molecule has 0 spiro atoms. The molecule has 3 nitrogen and oxygen atoms in total. The number of fused-ring (bicyclic) bond motifs is 3. The quantitative estimate of drug-likeness (QED) is 0.782. The molecule has 0 saturated heterocycles. The number of thiazole rings is 1. The van der Waals surface area contributed by atoms with Crippen molar-refractivity contribution >= 4 is 43.0 Å². The minimum atomic E-state index is 0.268. The maximum atomic E-state index is 6.37. The van der Waals surface area contributed by atoms with Crippen LogP contribution in [0.15, 0.2) is 17.5 Å². The van der Waals surface area contributed by atoms with Crippen molar-refractivity contribution in [2.45, 2.75) is 32.3 Å². The first-order valence-corrected chi connectivity index (χ1v) is 9.10. The Labute approximate surface area is 131 Å². The van der Waals surface area contributed by atoms with Gasteiger partial charge in [0.25, 0.3) is 0 Å². The van der Waals surface area contributed by atoms with Crippen molar-refractivity contribution in [2.75, 3.05) is 6.54 Å². The molecule has 2 unspecified atom stereocenters. The molecule has 4 rings (SSSR count). The fourth-order valence-electron chi connectivity index (χ4n) is 3.28. The number of hydrogen-bond acceptors (Lipinski definition) is 5. The maximum Gasteiger partial charge on any atom is 0.129 e. The third kappa shape index (κ3) is 2.24. The number of hydrogen-bond donors (Lipinski definition) is 1. The highest BCUT2D eigenvalue weighted by molar-refractivity contribution is 7.21. The summed E-state index contributed by atoms with van der Waals surface area (Å²) in [6.45, 7) is 2.78. The molecule has 110 valence electrons. The van der Waals surface area contributed by atoms with Gasteiger partial charge in [-0.05, 0) is 44.2 Å². The molecule has 2 heterocycles. The van der Waals surface area contributed by atoms with Gasteiger partial charge in [-0.1, -0.05) is 0 Å². The number of aryl methyl sites for hydroxylation is 1. The number of nitrogens with two attached hydrogens (primary N) is 1. The fraction of sp³-hybridized carbons (Fsp3) is 0.438. The highest BCUT2D eigenvalue weighted by atomic mass is 32.1. The third-order valence-electron chi connectivity index (χ3n) is 4.34. The Morgan fingerprint density at radius 1 is 1.43 bits per heavy atom. The molecular formula is C16H18N2OS2. The first-order chi connectivity index (χ1) is 10.3. The van der Waals surface area contributed by atoms with Gasteiger partial charge in [0.05, 0.1) is 19.9 Å². The van der Waals surface area contributed by atoms with Crippen LogP contribution in [0, 0.1) is 12.8 Å². The zero-order valence-electron chi connectivity index (χ0n) is 12.0. The molecule has 0 amide bonds. The SMILES string of the molecule is Cc1nc2c(cc(OC3CCCC3CN)c3ccsc32)s1. The number of nitrogens with zero attached hydrogens (tertiary/aromatic N) is 1. The number of rotatable bonds is 3. The van der Waals surface area contributed by atoms with Gasteiger partial charge in [-0.3, -0.25) is 0 Å². The van der Waals surface area contributed by atoms with Gasteiger partial charge in [-0.2, -0.15) is 0 Å². The van der Waals surface area contributed by atoms with E-state index in [1.54, 1.807) is 22.7 Å². The van der Waals surface area contributed by atoms with Crippen molar-refractivity contribution in [3.63, 3.8) is 0 Å². The van der Waals surface area contributed by atoms with Crippen molar-refractivity contribution in [1.29, 1.82) is 0 Å². The van der Waals surface area contributed by atoms with Gasteiger partial charge in [0, 0.05) is 17.4 Å². The third-order valence-corrected chi connectivity index (χ3v) is 6.18. The Morgan fingerprint density at radius 2 is 2.33 bits per heavy atom. The predicted octanol–water partition coefficient (Wildman–Crippen LogP) is 4.33. The fourth-order valence-corrected chi connectivity index (χ4v) is 5.11. The molecule has 1 aliphatic carbocycles. The van der Waals surface area contributed by atoms with Gasteiger partial charge >= 0.3 is 0 Å². The van der Waals surface area contributed by atoms with Gasteiger partial charge in [-0.15, -0.1) is 22.7 Å². The molecule has 21 heavy (non-hydrogen) atoms. The lowest BCUT2D eigenvalue weighted by Crippen LogP contribution is -2.27. The number of ether oxygens (including phenoxy) is 1. The molecular weight excluding hydrogens is 300 g/mol. The molecule has 2 N–H and O–H groups in total. The van der Waals surface area contributed by atoms with Crippen molar-refractivity contribution in [2.24, 2.45) is 11.7 Å².